The number of phenols is 4. The van der Waals surface area contributed by atoms with Crippen LogP contribution in [-0.4, -0.2) is 74.9 Å². The zero-order valence-electron chi connectivity index (χ0n) is 38.3. The summed E-state index contributed by atoms with van der Waals surface area (Å²) in [5.74, 6) is -1.01. The summed E-state index contributed by atoms with van der Waals surface area (Å²) in [6, 6.07) is 61.3. The van der Waals surface area contributed by atoms with Crippen molar-refractivity contribution in [3.05, 3.63) is 254 Å². The minimum Gasteiger partial charge on any atom is -0.507 e. The fraction of sp³-hybridized carbons (Fsp3) is 0. The van der Waals surface area contributed by atoms with Gasteiger partial charge < -0.3 is 30.6 Å². The third-order valence-electron chi connectivity index (χ3n) is 9.08. The maximum atomic E-state index is 10.1. The summed E-state index contributed by atoms with van der Waals surface area (Å²) < 4.78 is 0. The molecule has 0 amide bonds. The summed E-state index contributed by atoms with van der Waals surface area (Å²) >= 11 is 0. The van der Waals surface area contributed by atoms with Gasteiger partial charge in [0.1, 0.15) is 45.4 Å². The molecule has 0 saturated carbocycles. The van der Waals surface area contributed by atoms with Crippen molar-refractivity contribution in [3.63, 3.8) is 0 Å². The number of nitrogens with zero attached hydrogens (tertiary/aromatic N) is 6. The summed E-state index contributed by atoms with van der Waals surface area (Å²) in [7, 11) is 0. The summed E-state index contributed by atoms with van der Waals surface area (Å²) in [5.41, 5.74) is 4.68. The molecule has 3 radical (unpaired) electrons. The number of fused-ring (bicyclic) bond motifs is 2. The molecule has 73 heavy (non-hydrogen) atoms. The first-order valence-corrected chi connectivity index (χ1v) is 21.2. The Bertz CT molecular complexity index is 3010. The number of aliphatic imine (C=N–C) groups is 2. The third-order valence-corrected chi connectivity index (χ3v) is 9.08. The van der Waals surface area contributed by atoms with Gasteiger partial charge in [-0.3, -0.25) is 20.0 Å². The molecule has 17 heteroatoms. The Labute approximate surface area is 451 Å². The average molecular weight is 1110 g/mol. The molecule has 0 aliphatic heterocycles. The van der Waals surface area contributed by atoms with E-state index in [-0.39, 0.29) is 84.7 Å². The van der Waals surface area contributed by atoms with E-state index in [0.29, 0.717) is 11.0 Å². The van der Waals surface area contributed by atoms with E-state index in [4.69, 9.17) is 10.2 Å². The number of aromatic carboxylic acids is 2. The van der Waals surface area contributed by atoms with E-state index in [1.54, 1.807) is 97.6 Å². The van der Waals surface area contributed by atoms with Gasteiger partial charge >= 0.3 is 11.9 Å². The molecule has 4 heterocycles. The van der Waals surface area contributed by atoms with E-state index in [0.717, 1.165) is 33.3 Å². The van der Waals surface area contributed by atoms with Crippen LogP contribution in [0.4, 0.5) is 11.4 Å². The summed E-state index contributed by atoms with van der Waals surface area (Å²) in [6.45, 7) is 0. The van der Waals surface area contributed by atoms with Crippen molar-refractivity contribution in [2.45, 2.75) is 0 Å². The number of benzene rings is 6. The SMILES string of the molecule is O=C(O)c1ccccn1.O=C(O)c1ccccn1.Oc1cccc2cccnc12.Oc1cccc2cccnc12.Oc1ccccc1C=Nc1ccccc1.Oc1ccccc1C=Nc1ccccc1.[Co].[Co].[Co]. The van der Waals surface area contributed by atoms with Crippen LogP contribution in [0.5, 0.6) is 23.0 Å². The molecule has 0 atom stereocenters. The fourth-order valence-corrected chi connectivity index (χ4v) is 5.66. The topological polar surface area (TPSA) is 232 Å². The number of para-hydroxylation sites is 6. The smallest absolute Gasteiger partial charge is 0.354 e. The Morgan fingerprint density at radius 3 is 0.973 bits per heavy atom. The van der Waals surface area contributed by atoms with Crippen LogP contribution in [0.25, 0.3) is 21.8 Å². The molecule has 10 rings (SSSR count). The second kappa shape index (κ2) is 33.9. The van der Waals surface area contributed by atoms with Gasteiger partial charge in [-0.05, 0) is 97.1 Å². The van der Waals surface area contributed by atoms with Crippen LogP contribution in [0.1, 0.15) is 32.1 Å². The van der Waals surface area contributed by atoms with Gasteiger partial charge in [-0.1, -0.05) is 109 Å². The number of hydrogen-bond donors (Lipinski definition) is 6. The molecule has 0 aliphatic carbocycles. The van der Waals surface area contributed by atoms with Crippen LogP contribution in [0.2, 0.25) is 0 Å². The minimum atomic E-state index is -0.990. The molecule has 0 saturated heterocycles. The van der Waals surface area contributed by atoms with Crippen molar-refractivity contribution >= 4 is 57.5 Å². The molecular weight excluding hydrogens is 1060 g/mol. The molecule has 0 unspecified atom stereocenters. The second-order valence-electron chi connectivity index (χ2n) is 14.0. The molecule has 4 aromatic heterocycles. The van der Waals surface area contributed by atoms with Crippen molar-refractivity contribution in [1.29, 1.82) is 0 Å². The van der Waals surface area contributed by atoms with Crippen molar-refractivity contribution in [2.75, 3.05) is 0 Å². The number of aromatic hydroxyl groups is 4. The van der Waals surface area contributed by atoms with Crippen LogP contribution in [0.15, 0.2) is 241 Å². The molecular formula is C56H46Co3N6O8. The van der Waals surface area contributed by atoms with Crippen LogP contribution in [-0.2, 0) is 50.3 Å². The zero-order valence-corrected chi connectivity index (χ0v) is 41.4. The van der Waals surface area contributed by atoms with Crippen molar-refractivity contribution < 1.29 is 90.6 Å². The number of pyridine rings is 4. The largest absolute Gasteiger partial charge is 0.507 e. The Hall–Kier alpha value is -8.56. The maximum Gasteiger partial charge on any atom is 0.354 e. The van der Waals surface area contributed by atoms with Crippen LogP contribution in [0, 0.1) is 0 Å². The van der Waals surface area contributed by atoms with Crippen LogP contribution in [0.3, 0.4) is 0 Å². The maximum absolute atomic E-state index is 10.1. The molecule has 0 aliphatic rings. The number of aromatic nitrogens is 4. The molecule has 6 aromatic carbocycles. The third kappa shape index (κ3) is 21.5. The number of carboxylic acids is 2. The molecule has 14 nitrogen and oxygen atoms in total. The first-order valence-electron chi connectivity index (χ1n) is 21.2. The number of carboxylic acid groups (broad SMARTS) is 2. The van der Waals surface area contributed by atoms with Gasteiger partial charge in [0.2, 0.25) is 0 Å². The standard InChI is InChI=1S/2C13H11NO.2C9H7NO.2C6H5NO2.3Co/c2*15-13-9-5-4-6-11(13)10-14-12-7-2-1-3-8-12;2*11-8-5-1-3-7-4-2-6-10-9(7)8;2*8-6(9)5-3-1-2-4-7-5;;;/h2*1-10,15H;2*1-6,11H;2*1-4H,(H,8,9);;;. The Balaban J connectivity index is 0.000000301. The van der Waals surface area contributed by atoms with Gasteiger partial charge in [0.25, 0.3) is 0 Å². The molecule has 0 spiro atoms. The van der Waals surface area contributed by atoms with Crippen molar-refractivity contribution in [3.8, 4) is 23.0 Å². The first kappa shape index (κ1) is 60.6. The number of hydrogen-bond acceptors (Lipinski definition) is 12. The predicted octanol–water partition coefficient (Wildman–Crippen LogP) is 11.7. The van der Waals surface area contributed by atoms with E-state index in [1.165, 1.54) is 24.5 Å². The quantitative estimate of drug-likeness (QED) is 0.0854. The fourth-order valence-electron chi connectivity index (χ4n) is 5.66. The van der Waals surface area contributed by atoms with E-state index in [9.17, 15) is 30.0 Å². The first-order chi connectivity index (χ1) is 34.1. The minimum absolute atomic E-state index is 0. The normalized spacial score (nSPS) is 9.64. The second-order valence-corrected chi connectivity index (χ2v) is 14.0. The molecule has 10 aromatic rings. The molecule has 6 N–H and O–H groups in total. The number of rotatable bonds is 6. The van der Waals surface area contributed by atoms with E-state index in [2.05, 4.69) is 29.9 Å². The summed E-state index contributed by atoms with van der Waals surface area (Å²) in [6.07, 6.45) is 9.55. The van der Waals surface area contributed by atoms with Gasteiger partial charge in [0, 0.05) is 109 Å². The van der Waals surface area contributed by atoms with Gasteiger partial charge in [0.05, 0.1) is 11.4 Å². The Kier molecular flexibility index (Phi) is 28.1. The molecule has 0 bridgehead atoms. The summed E-state index contributed by atoms with van der Waals surface area (Å²) in [5, 5.41) is 56.2. The monoisotopic (exact) mass is 1110 g/mol. The number of carbonyl (C=O) groups is 2. The van der Waals surface area contributed by atoms with E-state index < -0.39 is 11.9 Å². The summed E-state index contributed by atoms with van der Waals surface area (Å²) in [4.78, 5) is 44.0. The van der Waals surface area contributed by atoms with Crippen LogP contribution >= 0.6 is 0 Å². The van der Waals surface area contributed by atoms with Gasteiger partial charge in [-0.2, -0.15) is 0 Å². The average Bonchev–Trinajstić information content (AvgIpc) is 3.41. The number of phenolic OH excluding ortho intramolecular Hbond substituents is 4. The zero-order chi connectivity index (χ0) is 49.8. The van der Waals surface area contributed by atoms with Crippen LogP contribution < -0.4 is 0 Å². The van der Waals surface area contributed by atoms with E-state index >= 15 is 0 Å². The van der Waals surface area contributed by atoms with E-state index in [1.807, 2.05) is 121 Å². The predicted molar refractivity (Wildman–Crippen MR) is 273 cm³/mol. The van der Waals surface area contributed by atoms with Crippen molar-refractivity contribution in [2.24, 2.45) is 9.98 Å². The van der Waals surface area contributed by atoms with Gasteiger partial charge in [-0.25, -0.2) is 19.6 Å². The van der Waals surface area contributed by atoms with Crippen molar-refractivity contribution in [1.82, 2.24) is 19.9 Å². The van der Waals surface area contributed by atoms with Gasteiger partial charge in [0.15, 0.2) is 0 Å². The van der Waals surface area contributed by atoms with Gasteiger partial charge in [-0.15, -0.1) is 0 Å². The Morgan fingerprint density at radius 1 is 0.342 bits per heavy atom. The molecule has 375 valence electrons. The molecule has 0 fully saturated rings. The Morgan fingerprint density at radius 2 is 0.658 bits per heavy atom.